The van der Waals surface area contributed by atoms with Gasteiger partial charge in [0.1, 0.15) is 11.5 Å². The van der Waals surface area contributed by atoms with Crippen molar-refractivity contribution in [2.75, 3.05) is 25.3 Å². The average Bonchev–Trinajstić information content (AvgIpc) is 2.63. The largest absolute Gasteiger partial charge is 0.495 e. The van der Waals surface area contributed by atoms with Gasteiger partial charge in [-0.1, -0.05) is 23.7 Å². The molecule has 0 aliphatic heterocycles. The molecule has 9 heteroatoms. The second-order valence-corrected chi connectivity index (χ2v) is 6.54. The van der Waals surface area contributed by atoms with Gasteiger partial charge >= 0.3 is 0 Å². The molecular formula is C17H17ClN2O5S. The first-order valence-corrected chi connectivity index (χ1v) is 9.00. The van der Waals surface area contributed by atoms with Crippen LogP contribution in [0.25, 0.3) is 0 Å². The van der Waals surface area contributed by atoms with Crippen molar-refractivity contribution >= 4 is 40.6 Å². The molecule has 2 rings (SSSR count). The number of halogens is 1. The average molecular weight is 397 g/mol. The van der Waals surface area contributed by atoms with Gasteiger partial charge in [0.05, 0.1) is 35.6 Å². The Morgan fingerprint density at radius 3 is 2.42 bits per heavy atom. The molecule has 1 amide bonds. The van der Waals surface area contributed by atoms with Crippen molar-refractivity contribution in [3.63, 3.8) is 0 Å². The minimum absolute atomic E-state index is 0.0419. The van der Waals surface area contributed by atoms with Gasteiger partial charge in [0.25, 0.3) is 5.69 Å². The van der Waals surface area contributed by atoms with Crippen LogP contribution >= 0.6 is 23.4 Å². The second kappa shape index (κ2) is 9.30. The van der Waals surface area contributed by atoms with Crippen LogP contribution in [0.1, 0.15) is 5.56 Å². The van der Waals surface area contributed by atoms with Gasteiger partial charge in [-0.25, -0.2) is 0 Å². The van der Waals surface area contributed by atoms with Crippen molar-refractivity contribution in [3.8, 4) is 11.5 Å². The fraction of sp³-hybridized carbons (Fsp3) is 0.235. The number of ether oxygens (including phenoxy) is 2. The maximum Gasteiger partial charge on any atom is 0.269 e. The normalized spacial score (nSPS) is 10.3. The lowest BCUT2D eigenvalue weighted by Crippen LogP contribution is -2.15. The summed E-state index contributed by atoms with van der Waals surface area (Å²) in [6.45, 7) is 0. The highest BCUT2D eigenvalue weighted by Gasteiger charge is 2.13. The Hall–Kier alpha value is -2.45. The van der Waals surface area contributed by atoms with Gasteiger partial charge in [-0.3, -0.25) is 14.9 Å². The number of methoxy groups -OCH3 is 2. The van der Waals surface area contributed by atoms with Gasteiger partial charge in [-0.2, -0.15) is 0 Å². The van der Waals surface area contributed by atoms with E-state index in [1.807, 2.05) is 0 Å². The molecule has 0 spiro atoms. The van der Waals surface area contributed by atoms with Crippen LogP contribution < -0.4 is 14.8 Å². The Bertz CT molecular complexity index is 798. The summed E-state index contributed by atoms with van der Waals surface area (Å²) in [4.78, 5) is 22.3. The zero-order valence-electron chi connectivity index (χ0n) is 14.2. The van der Waals surface area contributed by atoms with Crippen molar-refractivity contribution < 1.29 is 19.2 Å². The SMILES string of the molecule is COc1cc(NC(=O)CSCc2ccc([N+](=O)[O-])cc2)c(OC)cc1Cl. The highest BCUT2D eigenvalue weighted by molar-refractivity contribution is 7.99. The molecule has 0 aliphatic carbocycles. The van der Waals surface area contributed by atoms with Crippen LogP contribution in [0, 0.1) is 10.1 Å². The molecule has 0 heterocycles. The van der Waals surface area contributed by atoms with Crippen LogP contribution in [0.4, 0.5) is 11.4 Å². The first kappa shape index (κ1) is 19.9. The predicted octanol–water partition coefficient (Wildman–Crippen LogP) is 4.14. The molecule has 0 aliphatic rings. The molecule has 26 heavy (non-hydrogen) atoms. The number of amides is 1. The summed E-state index contributed by atoms with van der Waals surface area (Å²) < 4.78 is 10.4. The minimum Gasteiger partial charge on any atom is -0.495 e. The topological polar surface area (TPSA) is 90.7 Å². The summed E-state index contributed by atoms with van der Waals surface area (Å²) in [7, 11) is 2.97. The quantitative estimate of drug-likeness (QED) is 0.532. The zero-order valence-corrected chi connectivity index (χ0v) is 15.7. The van der Waals surface area contributed by atoms with E-state index in [4.69, 9.17) is 21.1 Å². The number of nitrogens with zero attached hydrogens (tertiary/aromatic N) is 1. The van der Waals surface area contributed by atoms with E-state index < -0.39 is 4.92 Å². The number of hydrogen-bond acceptors (Lipinski definition) is 6. The van der Waals surface area contributed by atoms with Crippen LogP contribution in [0.15, 0.2) is 36.4 Å². The molecule has 1 N–H and O–H groups in total. The van der Waals surface area contributed by atoms with Gasteiger partial charge in [0.2, 0.25) is 5.91 Å². The number of benzene rings is 2. The maximum atomic E-state index is 12.1. The smallest absolute Gasteiger partial charge is 0.269 e. The third-order valence-electron chi connectivity index (χ3n) is 3.40. The molecule has 7 nitrogen and oxygen atoms in total. The van der Waals surface area contributed by atoms with Gasteiger partial charge in [0.15, 0.2) is 0 Å². The Morgan fingerprint density at radius 2 is 1.85 bits per heavy atom. The van der Waals surface area contributed by atoms with Crippen LogP contribution in [0.2, 0.25) is 5.02 Å². The highest BCUT2D eigenvalue weighted by Crippen LogP contribution is 2.35. The number of nitro benzene ring substituents is 1. The lowest BCUT2D eigenvalue weighted by Gasteiger charge is -2.13. The third kappa shape index (κ3) is 5.27. The van der Waals surface area contributed by atoms with Gasteiger partial charge in [0, 0.05) is 30.0 Å². The van der Waals surface area contributed by atoms with E-state index in [0.717, 1.165) is 5.56 Å². The van der Waals surface area contributed by atoms with Gasteiger partial charge in [-0.05, 0) is 5.56 Å². The number of thioether (sulfide) groups is 1. The molecule has 0 fully saturated rings. The molecule has 0 unspecified atom stereocenters. The Labute approximate surface area is 159 Å². The van der Waals surface area contributed by atoms with Crippen LogP contribution in [-0.4, -0.2) is 30.8 Å². The van der Waals surface area contributed by atoms with E-state index in [9.17, 15) is 14.9 Å². The van der Waals surface area contributed by atoms with Crippen LogP contribution in [0.5, 0.6) is 11.5 Å². The monoisotopic (exact) mass is 396 g/mol. The highest BCUT2D eigenvalue weighted by atomic mass is 35.5. The van der Waals surface area contributed by atoms with E-state index in [-0.39, 0.29) is 17.3 Å². The van der Waals surface area contributed by atoms with Crippen molar-refractivity contribution in [1.82, 2.24) is 0 Å². The first-order chi connectivity index (χ1) is 12.4. The predicted molar refractivity (Wildman–Crippen MR) is 102 cm³/mol. The molecule has 138 valence electrons. The van der Waals surface area contributed by atoms with Crippen molar-refractivity contribution in [3.05, 3.63) is 57.1 Å². The zero-order chi connectivity index (χ0) is 19.1. The van der Waals surface area contributed by atoms with E-state index >= 15 is 0 Å². The number of nitrogens with one attached hydrogen (secondary N) is 1. The molecular weight excluding hydrogens is 380 g/mol. The van der Waals surface area contributed by atoms with Crippen LogP contribution in [-0.2, 0) is 10.5 Å². The number of carbonyl (C=O) groups is 1. The molecule has 0 saturated heterocycles. The van der Waals surface area contributed by atoms with Crippen LogP contribution in [0.3, 0.4) is 0 Å². The van der Waals surface area contributed by atoms with E-state index in [0.29, 0.717) is 28.0 Å². The fourth-order valence-corrected chi connectivity index (χ4v) is 3.14. The molecule has 2 aromatic rings. The summed E-state index contributed by atoms with van der Waals surface area (Å²) in [6, 6.07) is 9.41. The molecule has 0 saturated carbocycles. The van der Waals surface area contributed by atoms with E-state index in [1.165, 1.54) is 38.1 Å². The number of non-ortho nitro benzene ring substituents is 1. The lowest BCUT2D eigenvalue weighted by molar-refractivity contribution is -0.384. The third-order valence-corrected chi connectivity index (χ3v) is 4.70. The summed E-state index contributed by atoms with van der Waals surface area (Å²) in [5.74, 6) is 1.43. The summed E-state index contributed by atoms with van der Waals surface area (Å²) in [5.41, 5.74) is 1.41. The Morgan fingerprint density at radius 1 is 1.19 bits per heavy atom. The fourth-order valence-electron chi connectivity index (χ4n) is 2.12. The van der Waals surface area contributed by atoms with Crippen molar-refractivity contribution in [2.45, 2.75) is 5.75 Å². The number of rotatable bonds is 8. The van der Waals surface area contributed by atoms with E-state index in [1.54, 1.807) is 24.3 Å². The number of nitro groups is 1. The Balaban J connectivity index is 1.91. The van der Waals surface area contributed by atoms with Gasteiger partial charge < -0.3 is 14.8 Å². The summed E-state index contributed by atoms with van der Waals surface area (Å²) >= 11 is 7.43. The molecule has 0 bridgehead atoms. The molecule has 0 aromatic heterocycles. The van der Waals surface area contributed by atoms with Gasteiger partial charge in [-0.15, -0.1) is 11.8 Å². The maximum absolute atomic E-state index is 12.1. The lowest BCUT2D eigenvalue weighted by atomic mass is 10.2. The number of carbonyl (C=O) groups excluding carboxylic acids is 1. The first-order valence-electron chi connectivity index (χ1n) is 7.47. The second-order valence-electron chi connectivity index (χ2n) is 5.15. The molecule has 2 aromatic carbocycles. The van der Waals surface area contributed by atoms with E-state index in [2.05, 4.69) is 5.32 Å². The Kier molecular flexibility index (Phi) is 7.11. The molecule has 0 atom stereocenters. The minimum atomic E-state index is -0.446. The summed E-state index contributed by atoms with van der Waals surface area (Å²) in [5, 5.41) is 13.8. The summed E-state index contributed by atoms with van der Waals surface area (Å²) in [6.07, 6.45) is 0. The number of anilines is 1. The number of hydrogen-bond donors (Lipinski definition) is 1. The van der Waals surface area contributed by atoms with Crippen molar-refractivity contribution in [1.29, 1.82) is 0 Å². The van der Waals surface area contributed by atoms with Crippen molar-refractivity contribution in [2.24, 2.45) is 0 Å². The standard InChI is InChI=1S/C17H17ClN2O5S/c1-24-15-8-14(16(25-2)7-13(15)18)19-17(21)10-26-9-11-3-5-12(6-4-11)20(22)23/h3-8H,9-10H2,1-2H3,(H,19,21). The molecule has 0 radical (unpaired) electrons.